The van der Waals surface area contributed by atoms with Crippen molar-refractivity contribution >= 4 is 17.4 Å². The summed E-state index contributed by atoms with van der Waals surface area (Å²) in [6, 6.07) is 0.166. The van der Waals surface area contributed by atoms with Crippen molar-refractivity contribution in [3.05, 3.63) is 16.6 Å². The predicted octanol–water partition coefficient (Wildman–Crippen LogP) is 2.02. The van der Waals surface area contributed by atoms with Gasteiger partial charge in [-0.15, -0.1) is 11.3 Å². The number of rotatable bonds is 1. The van der Waals surface area contributed by atoms with E-state index in [-0.39, 0.29) is 12.1 Å². The van der Waals surface area contributed by atoms with Crippen molar-refractivity contribution in [1.29, 1.82) is 0 Å². The van der Waals surface area contributed by atoms with Gasteiger partial charge < -0.3 is 15.0 Å². The highest BCUT2D eigenvalue weighted by Crippen LogP contribution is 2.21. The highest BCUT2D eigenvalue weighted by molar-refractivity contribution is 7.09. The molecule has 100 valence electrons. The van der Waals surface area contributed by atoms with Crippen LogP contribution in [-0.4, -0.2) is 41.2 Å². The second-order valence-electron chi connectivity index (χ2n) is 5.34. The fourth-order valence-electron chi connectivity index (χ4n) is 1.83. The zero-order valence-corrected chi connectivity index (χ0v) is 11.8. The first kappa shape index (κ1) is 13.3. The summed E-state index contributed by atoms with van der Waals surface area (Å²) in [5.41, 5.74) is 1.37. The van der Waals surface area contributed by atoms with E-state index in [1.807, 2.05) is 32.5 Å². The van der Waals surface area contributed by atoms with E-state index in [0.717, 1.165) is 11.4 Å². The van der Waals surface area contributed by atoms with E-state index in [0.29, 0.717) is 13.1 Å². The number of carbonyl (C=O) groups is 1. The number of amides is 1. The molecule has 1 saturated heterocycles. The minimum absolute atomic E-state index is 0.166. The minimum atomic E-state index is -0.443. The van der Waals surface area contributed by atoms with Gasteiger partial charge in [-0.1, -0.05) is 0 Å². The third-order valence-corrected chi connectivity index (χ3v) is 3.51. The molecule has 1 aliphatic rings. The van der Waals surface area contributed by atoms with Gasteiger partial charge in [0.25, 0.3) is 0 Å². The van der Waals surface area contributed by atoms with Crippen LogP contribution in [0.4, 0.5) is 4.79 Å². The normalized spacial score (nSPS) is 20.8. The highest BCUT2D eigenvalue weighted by Gasteiger charge is 2.28. The molecule has 0 aliphatic carbocycles. The minimum Gasteiger partial charge on any atom is -0.444 e. The maximum absolute atomic E-state index is 12.0. The molecule has 0 spiro atoms. The van der Waals surface area contributed by atoms with Crippen molar-refractivity contribution < 1.29 is 9.53 Å². The first-order chi connectivity index (χ1) is 8.46. The average molecular weight is 269 g/mol. The summed E-state index contributed by atoms with van der Waals surface area (Å²) < 4.78 is 5.39. The number of aromatic nitrogens is 1. The van der Waals surface area contributed by atoms with Crippen molar-refractivity contribution in [2.75, 3.05) is 19.6 Å². The smallest absolute Gasteiger partial charge is 0.410 e. The second-order valence-corrected chi connectivity index (χ2v) is 6.25. The Balaban J connectivity index is 1.96. The molecular formula is C12H19N3O2S. The van der Waals surface area contributed by atoms with E-state index in [1.54, 1.807) is 16.2 Å². The Kier molecular flexibility index (Phi) is 3.87. The van der Waals surface area contributed by atoms with Crippen molar-refractivity contribution in [2.24, 2.45) is 0 Å². The lowest BCUT2D eigenvalue weighted by Crippen LogP contribution is -2.49. The number of carbonyl (C=O) groups excluding carboxylic acids is 1. The largest absolute Gasteiger partial charge is 0.444 e. The first-order valence-corrected chi connectivity index (χ1v) is 6.93. The summed E-state index contributed by atoms with van der Waals surface area (Å²) in [6.45, 7) is 7.75. The first-order valence-electron chi connectivity index (χ1n) is 6.05. The molecule has 1 aromatic heterocycles. The van der Waals surface area contributed by atoms with E-state index < -0.39 is 5.60 Å². The predicted molar refractivity (Wildman–Crippen MR) is 70.7 cm³/mol. The van der Waals surface area contributed by atoms with Crippen LogP contribution in [-0.2, 0) is 4.74 Å². The van der Waals surface area contributed by atoms with Crippen LogP contribution >= 0.6 is 11.3 Å². The van der Waals surface area contributed by atoms with Gasteiger partial charge in [-0.25, -0.2) is 4.79 Å². The maximum atomic E-state index is 12.0. The van der Waals surface area contributed by atoms with Gasteiger partial charge in [0.15, 0.2) is 0 Å². The van der Waals surface area contributed by atoms with Gasteiger partial charge in [0.2, 0.25) is 0 Å². The molecule has 6 heteroatoms. The molecule has 1 amide bonds. The van der Waals surface area contributed by atoms with Gasteiger partial charge in [-0.05, 0) is 20.8 Å². The summed E-state index contributed by atoms with van der Waals surface area (Å²) in [5.74, 6) is 0. The van der Waals surface area contributed by atoms with E-state index >= 15 is 0 Å². The Morgan fingerprint density at radius 3 is 3.00 bits per heavy atom. The molecule has 1 atom stereocenters. The topological polar surface area (TPSA) is 54.5 Å². The Morgan fingerprint density at radius 2 is 2.39 bits per heavy atom. The van der Waals surface area contributed by atoms with E-state index in [4.69, 9.17) is 4.74 Å². The number of nitrogens with zero attached hydrogens (tertiary/aromatic N) is 2. The van der Waals surface area contributed by atoms with Crippen LogP contribution in [0, 0.1) is 0 Å². The molecule has 1 unspecified atom stereocenters. The van der Waals surface area contributed by atoms with Crippen LogP contribution in [0.15, 0.2) is 11.7 Å². The van der Waals surface area contributed by atoms with Crippen LogP contribution in [0.5, 0.6) is 0 Å². The monoisotopic (exact) mass is 269 g/mol. The molecule has 18 heavy (non-hydrogen) atoms. The van der Waals surface area contributed by atoms with Crippen molar-refractivity contribution in [2.45, 2.75) is 32.4 Å². The highest BCUT2D eigenvalue weighted by atomic mass is 32.1. The number of ether oxygens (including phenoxy) is 1. The lowest BCUT2D eigenvalue weighted by atomic mass is 10.2. The van der Waals surface area contributed by atoms with E-state index in [9.17, 15) is 4.79 Å². The number of piperazine rings is 1. The standard InChI is InChI=1S/C12H19N3O2S/c1-12(2,3)17-11(16)15-5-4-14-9(7-15)10-6-13-8-18-10/h6,8-9,14H,4-5,7H2,1-3H3. The van der Waals surface area contributed by atoms with Crippen molar-refractivity contribution in [3.63, 3.8) is 0 Å². The van der Waals surface area contributed by atoms with Crippen LogP contribution < -0.4 is 5.32 Å². The number of hydrogen-bond acceptors (Lipinski definition) is 5. The molecule has 0 radical (unpaired) electrons. The number of nitrogens with one attached hydrogen (secondary N) is 1. The Labute approximate surface area is 111 Å². The van der Waals surface area contributed by atoms with E-state index in [2.05, 4.69) is 10.3 Å². The molecule has 1 N–H and O–H groups in total. The Bertz CT molecular complexity index is 400. The second kappa shape index (κ2) is 5.24. The molecule has 5 nitrogen and oxygen atoms in total. The fraction of sp³-hybridized carbons (Fsp3) is 0.667. The maximum Gasteiger partial charge on any atom is 0.410 e. The van der Waals surface area contributed by atoms with Gasteiger partial charge in [0.1, 0.15) is 5.60 Å². The Morgan fingerprint density at radius 1 is 1.61 bits per heavy atom. The third-order valence-electron chi connectivity index (χ3n) is 2.62. The molecule has 0 saturated carbocycles. The van der Waals surface area contributed by atoms with Gasteiger partial charge in [0.05, 0.1) is 11.6 Å². The molecule has 2 heterocycles. The fourth-order valence-corrected chi connectivity index (χ4v) is 2.52. The Hall–Kier alpha value is -1.14. The zero-order valence-electron chi connectivity index (χ0n) is 11.0. The van der Waals surface area contributed by atoms with Crippen molar-refractivity contribution in [1.82, 2.24) is 15.2 Å². The molecular weight excluding hydrogens is 250 g/mol. The molecule has 1 fully saturated rings. The van der Waals surface area contributed by atoms with Crippen LogP contribution in [0.2, 0.25) is 0 Å². The van der Waals surface area contributed by atoms with Crippen LogP contribution in [0.25, 0.3) is 0 Å². The summed E-state index contributed by atoms with van der Waals surface area (Å²) in [7, 11) is 0. The summed E-state index contributed by atoms with van der Waals surface area (Å²) in [5, 5.41) is 3.39. The number of thiazole rings is 1. The summed E-state index contributed by atoms with van der Waals surface area (Å²) in [4.78, 5) is 19.0. The third kappa shape index (κ3) is 3.43. The van der Waals surface area contributed by atoms with Crippen LogP contribution in [0.3, 0.4) is 0 Å². The van der Waals surface area contributed by atoms with Gasteiger partial charge in [-0.2, -0.15) is 0 Å². The van der Waals surface area contributed by atoms with Gasteiger partial charge in [0, 0.05) is 30.7 Å². The van der Waals surface area contributed by atoms with Crippen molar-refractivity contribution in [3.8, 4) is 0 Å². The summed E-state index contributed by atoms with van der Waals surface area (Å²) in [6.07, 6.45) is 1.61. The van der Waals surface area contributed by atoms with Gasteiger partial charge in [-0.3, -0.25) is 4.98 Å². The molecule has 0 bridgehead atoms. The number of hydrogen-bond donors (Lipinski definition) is 1. The summed E-state index contributed by atoms with van der Waals surface area (Å²) >= 11 is 1.60. The lowest BCUT2D eigenvalue weighted by molar-refractivity contribution is 0.0196. The SMILES string of the molecule is CC(C)(C)OC(=O)N1CCNC(c2cncs2)C1. The molecule has 1 aromatic rings. The quantitative estimate of drug-likeness (QED) is 0.847. The van der Waals surface area contributed by atoms with Crippen LogP contribution in [0.1, 0.15) is 31.7 Å². The molecule has 0 aromatic carbocycles. The molecule has 1 aliphatic heterocycles. The lowest BCUT2D eigenvalue weighted by Gasteiger charge is -2.34. The molecule has 2 rings (SSSR count). The average Bonchev–Trinajstić information content (AvgIpc) is 2.80. The van der Waals surface area contributed by atoms with Gasteiger partial charge >= 0.3 is 6.09 Å². The zero-order chi connectivity index (χ0) is 13.2. The van der Waals surface area contributed by atoms with E-state index in [1.165, 1.54) is 0 Å².